The van der Waals surface area contributed by atoms with Crippen molar-refractivity contribution in [3.8, 4) is 0 Å². The molecule has 2 aromatic rings. The van der Waals surface area contributed by atoms with Crippen LogP contribution in [0.4, 0.5) is 0 Å². The summed E-state index contributed by atoms with van der Waals surface area (Å²) in [6.45, 7) is 8.60. The van der Waals surface area contributed by atoms with Crippen LogP contribution in [0.3, 0.4) is 0 Å². The normalized spacial score (nSPS) is 12.8. The zero-order chi connectivity index (χ0) is 15.2. The third-order valence-electron chi connectivity index (χ3n) is 3.55. The summed E-state index contributed by atoms with van der Waals surface area (Å²) < 4.78 is 3.22. The lowest BCUT2D eigenvalue weighted by Crippen LogP contribution is -2.26. The van der Waals surface area contributed by atoms with Gasteiger partial charge in [-0.15, -0.1) is 0 Å². The highest BCUT2D eigenvalue weighted by Crippen LogP contribution is 2.22. The summed E-state index contributed by atoms with van der Waals surface area (Å²) in [5.41, 5.74) is 2.43. The van der Waals surface area contributed by atoms with Gasteiger partial charge in [0.25, 0.3) is 0 Å². The molecule has 4 heteroatoms. The van der Waals surface area contributed by atoms with Gasteiger partial charge in [-0.3, -0.25) is 4.98 Å². The molecule has 114 valence electrons. The molecule has 1 atom stereocenters. The molecule has 3 nitrogen and oxygen atoms in total. The Balaban J connectivity index is 2.07. The Bertz CT molecular complexity index is 545. The molecule has 0 amide bonds. The minimum absolute atomic E-state index is 0.420. The summed E-state index contributed by atoms with van der Waals surface area (Å²) in [6, 6.07) is 6.72. The lowest BCUT2D eigenvalue weighted by Gasteiger charge is -2.21. The average Bonchev–Trinajstić information content (AvgIpc) is 2.90. The quantitative estimate of drug-likeness (QED) is 0.803. The van der Waals surface area contributed by atoms with E-state index < -0.39 is 0 Å². The van der Waals surface area contributed by atoms with Gasteiger partial charge in [-0.1, -0.05) is 20.8 Å². The fraction of sp³-hybridized carbons (Fsp3) is 0.471. The van der Waals surface area contributed by atoms with E-state index >= 15 is 0 Å². The summed E-state index contributed by atoms with van der Waals surface area (Å²) >= 11 is 3.42. The van der Waals surface area contributed by atoms with Crippen LogP contribution in [0.25, 0.3) is 0 Å². The maximum atomic E-state index is 4.43. The first-order valence-electron chi connectivity index (χ1n) is 7.59. The lowest BCUT2D eigenvalue weighted by atomic mass is 9.98. The van der Waals surface area contributed by atoms with Gasteiger partial charge in [0.05, 0.1) is 12.2 Å². The third-order valence-corrected chi connectivity index (χ3v) is 4.02. The first-order valence-corrected chi connectivity index (χ1v) is 8.39. The molecule has 2 rings (SSSR count). The summed E-state index contributed by atoms with van der Waals surface area (Å²) in [7, 11) is 0. The maximum absolute atomic E-state index is 4.43. The number of nitrogens with one attached hydrogen (secondary N) is 1. The van der Waals surface area contributed by atoms with E-state index in [4.69, 9.17) is 0 Å². The van der Waals surface area contributed by atoms with Crippen LogP contribution in [0.5, 0.6) is 0 Å². The van der Waals surface area contributed by atoms with Crippen molar-refractivity contribution in [2.24, 2.45) is 5.92 Å². The minimum atomic E-state index is 0.420. The van der Waals surface area contributed by atoms with Crippen molar-refractivity contribution in [2.45, 2.75) is 39.8 Å². The fourth-order valence-electron chi connectivity index (χ4n) is 2.47. The molecule has 2 heterocycles. The van der Waals surface area contributed by atoms with Crippen molar-refractivity contribution < 1.29 is 0 Å². The van der Waals surface area contributed by atoms with Gasteiger partial charge >= 0.3 is 0 Å². The third kappa shape index (κ3) is 4.68. The Hall–Kier alpha value is -1.13. The largest absolute Gasteiger partial charge is 0.348 e. The molecular formula is C17H24BrN3. The van der Waals surface area contributed by atoms with Crippen molar-refractivity contribution in [3.05, 3.63) is 52.5 Å². The summed E-state index contributed by atoms with van der Waals surface area (Å²) in [6.07, 6.45) is 7.38. The SMILES string of the molecule is CCCNC(c1ccn(Cc2ccc(Br)cn2)c1)C(C)C. The van der Waals surface area contributed by atoms with Crippen LogP contribution in [0, 0.1) is 5.92 Å². The summed E-state index contributed by atoms with van der Waals surface area (Å²) in [5, 5.41) is 3.63. The van der Waals surface area contributed by atoms with Crippen molar-refractivity contribution >= 4 is 15.9 Å². The molecule has 21 heavy (non-hydrogen) atoms. The molecule has 0 aromatic carbocycles. The van der Waals surface area contributed by atoms with Gasteiger partial charge in [0.2, 0.25) is 0 Å². The van der Waals surface area contributed by atoms with Gasteiger partial charge in [-0.05, 0) is 58.6 Å². The highest BCUT2D eigenvalue weighted by atomic mass is 79.9. The Labute approximate surface area is 135 Å². The maximum Gasteiger partial charge on any atom is 0.0642 e. The second-order valence-electron chi connectivity index (χ2n) is 5.76. The van der Waals surface area contributed by atoms with Crippen LogP contribution in [0.15, 0.2) is 41.3 Å². The second kappa shape index (κ2) is 7.76. The number of hydrogen-bond donors (Lipinski definition) is 1. The molecule has 0 saturated heterocycles. The molecule has 2 aromatic heterocycles. The number of hydrogen-bond acceptors (Lipinski definition) is 2. The molecule has 0 radical (unpaired) electrons. The average molecular weight is 350 g/mol. The van der Waals surface area contributed by atoms with Gasteiger partial charge in [-0.25, -0.2) is 0 Å². The number of aromatic nitrogens is 2. The van der Waals surface area contributed by atoms with E-state index in [1.165, 1.54) is 5.56 Å². The predicted octanol–water partition coefficient (Wildman–Crippen LogP) is 4.39. The van der Waals surface area contributed by atoms with Gasteiger partial charge in [0.1, 0.15) is 0 Å². The highest BCUT2D eigenvalue weighted by Gasteiger charge is 2.15. The minimum Gasteiger partial charge on any atom is -0.348 e. The van der Waals surface area contributed by atoms with E-state index in [2.05, 4.69) is 76.1 Å². The Morgan fingerprint density at radius 3 is 2.71 bits per heavy atom. The first-order chi connectivity index (χ1) is 10.1. The van der Waals surface area contributed by atoms with E-state index in [0.717, 1.165) is 29.7 Å². The van der Waals surface area contributed by atoms with Crippen LogP contribution in [-0.4, -0.2) is 16.1 Å². The van der Waals surface area contributed by atoms with Crippen molar-refractivity contribution in [3.63, 3.8) is 0 Å². The predicted molar refractivity (Wildman–Crippen MR) is 91.3 cm³/mol. The number of nitrogens with zero attached hydrogens (tertiary/aromatic N) is 2. The van der Waals surface area contributed by atoms with Gasteiger partial charge < -0.3 is 9.88 Å². The lowest BCUT2D eigenvalue weighted by molar-refractivity contribution is 0.412. The van der Waals surface area contributed by atoms with Crippen LogP contribution >= 0.6 is 15.9 Å². The first kappa shape index (κ1) is 16.2. The Morgan fingerprint density at radius 2 is 2.10 bits per heavy atom. The van der Waals surface area contributed by atoms with Crippen LogP contribution in [0.1, 0.15) is 44.5 Å². The summed E-state index contributed by atoms with van der Waals surface area (Å²) in [4.78, 5) is 4.43. The van der Waals surface area contributed by atoms with Crippen molar-refractivity contribution in [2.75, 3.05) is 6.54 Å². The molecular weight excluding hydrogens is 326 g/mol. The van der Waals surface area contributed by atoms with Gasteiger partial charge in [-0.2, -0.15) is 0 Å². The van der Waals surface area contributed by atoms with E-state index in [1.54, 1.807) is 0 Å². The second-order valence-corrected chi connectivity index (χ2v) is 6.68. The van der Waals surface area contributed by atoms with E-state index in [0.29, 0.717) is 12.0 Å². The highest BCUT2D eigenvalue weighted by molar-refractivity contribution is 9.10. The molecule has 0 spiro atoms. The molecule has 1 N–H and O–H groups in total. The van der Waals surface area contributed by atoms with Crippen LogP contribution in [-0.2, 0) is 6.54 Å². The van der Waals surface area contributed by atoms with Crippen molar-refractivity contribution in [1.82, 2.24) is 14.9 Å². The van der Waals surface area contributed by atoms with Gasteiger partial charge in [0.15, 0.2) is 0 Å². The molecule has 0 aliphatic carbocycles. The Kier molecular flexibility index (Phi) is 6.00. The molecule has 1 unspecified atom stereocenters. The van der Waals surface area contributed by atoms with E-state index in [-0.39, 0.29) is 0 Å². The molecule has 0 saturated carbocycles. The number of halogens is 1. The van der Waals surface area contributed by atoms with Gasteiger partial charge in [0, 0.05) is 29.1 Å². The smallest absolute Gasteiger partial charge is 0.0642 e. The topological polar surface area (TPSA) is 29.9 Å². The van der Waals surface area contributed by atoms with E-state index in [9.17, 15) is 0 Å². The van der Waals surface area contributed by atoms with Crippen LogP contribution < -0.4 is 5.32 Å². The molecule has 0 aliphatic rings. The molecule has 0 bridgehead atoms. The monoisotopic (exact) mass is 349 g/mol. The number of rotatable bonds is 7. The van der Waals surface area contributed by atoms with E-state index in [1.807, 2.05) is 12.3 Å². The van der Waals surface area contributed by atoms with Crippen molar-refractivity contribution in [1.29, 1.82) is 0 Å². The Morgan fingerprint density at radius 1 is 1.29 bits per heavy atom. The molecule has 0 fully saturated rings. The standard InChI is InChI=1S/C17H24BrN3/c1-4-8-19-17(13(2)3)14-7-9-21(11-14)12-16-6-5-15(18)10-20-16/h5-7,9-11,13,17,19H,4,8,12H2,1-3H3. The molecule has 0 aliphatic heterocycles. The van der Waals surface area contributed by atoms with Crippen LogP contribution in [0.2, 0.25) is 0 Å². The zero-order valence-corrected chi connectivity index (χ0v) is 14.6. The zero-order valence-electron chi connectivity index (χ0n) is 13.0. The summed E-state index contributed by atoms with van der Waals surface area (Å²) in [5.74, 6) is 0.582. The number of pyridine rings is 1. The fourth-order valence-corrected chi connectivity index (χ4v) is 2.70.